The Morgan fingerprint density at radius 1 is 1.18 bits per heavy atom. The normalized spacial score (nSPS) is 36.4. The molecular weight excluding hydrogens is 210 g/mol. The molecule has 100 valence electrons. The van der Waals surface area contributed by atoms with E-state index in [1.54, 1.807) is 0 Å². The molecule has 0 bridgehead atoms. The van der Waals surface area contributed by atoms with Gasteiger partial charge < -0.3 is 10.2 Å². The summed E-state index contributed by atoms with van der Waals surface area (Å²) < 4.78 is 0. The maximum absolute atomic E-state index is 3.71. The topological polar surface area (TPSA) is 18.5 Å². The van der Waals surface area contributed by atoms with Gasteiger partial charge in [0.1, 0.15) is 0 Å². The second kappa shape index (κ2) is 6.17. The summed E-state index contributed by atoms with van der Waals surface area (Å²) >= 11 is 0. The number of likely N-dealkylation sites (N-methyl/N-ethyl adjacent to an activating group) is 1. The standard InChI is InChI=1S/C14H29N3/c1-12-9-17(11-14(12)16(2)3)10-13-7-5-4-6-8-15-13/h12-15H,4-11H2,1-3H3. The SMILES string of the molecule is CC1CN(CC2CCCCCN2)CC1N(C)C. The molecule has 2 heterocycles. The molecule has 3 atom stereocenters. The highest BCUT2D eigenvalue weighted by molar-refractivity contribution is 4.88. The van der Waals surface area contributed by atoms with Crippen molar-refractivity contribution in [2.24, 2.45) is 5.92 Å². The molecular formula is C14H29N3. The monoisotopic (exact) mass is 239 g/mol. The first-order chi connectivity index (χ1) is 8.16. The van der Waals surface area contributed by atoms with Crippen LogP contribution < -0.4 is 5.32 Å². The average molecular weight is 239 g/mol. The predicted octanol–water partition coefficient (Wildman–Crippen LogP) is 1.40. The van der Waals surface area contributed by atoms with Gasteiger partial charge in [-0.05, 0) is 39.4 Å². The molecule has 0 aromatic heterocycles. The third-order valence-electron chi connectivity index (χ3n) is 4.45. The first-order valence-electron chi connectivity index (χ1n) is 7.29. The summed E-state index contributed by atoms with van der Waals surface area (Å²) in [6.07, 6.45) is 5.57. The lowest BCUT2D eigenvalue weighted by atomic mass is 10.1. The van der Waals surface area contributed by atoms with Crippen molar-refractivity contribution < 1.29 is 0 Å². The Labute approximate surface area is 107 Å². The van der Waals surface area contributed by atoms with E-state index >= 15 is 0 Å². The Balaban J connectivity index is 1.79. The van der Waals surface area contributed by atoms with Gasteiger partial charge in [0.05, 0.1) is 0 Å². The van der Waals surface area contributed by atoms with E-state index in [1.165, 1.54) is 51.9 Å². The molecule has 17 heavy (non-hydrogen) atoms. The maximum Gasteiger partial charge on any atom is 0.0254 e. The summed E-state index contributed by atoms with van der Waals surface area (Å²) in [6, 6.07) is 1.49. The second-order valence-electron chi connectivity index (χ2n) is 6.23. The van der Waals surface area contributed by atoms with Gasteiger partial charge in [-0.15, -0.1) is 0 Å². The lowest BCUT2D eigenvalue weighted by Gasteiger charge is -2.25. The van der Waals surface area contributed by atoms with Gasteiger partial charge in [-0.3, -0.25) is 4.90 Å². The number of nitrogens with zero attached hydrogens (tertiary/aromatic N) is 2. The Hall–Kier alpha value is -0.120. The predicted molar refractivity (Wildman–Crippen MR) is 73.3 cm³/mol. The van der Waals surface area contributed by atoms with Crippen LogP contribution in [0.25, 0.3) is 0 Å². The summed E-state index contributed by atoms with van der Waals surface area (Å²) in [7, 11) is 4.43. The summed E-state index contributed by atoms with van der Waals surface area (Å²) in [5, 5.41) is 3.71. The van der Waals surface area contributed by atoms with Crippen LogP contribution in [0, 0.1) is 5.92 Å². The van der Waals surface area contributed by atoms with Crippen molar-refractivity contribution >= 4 is 0 Å². The van der Waals surface area contributed by atoms with E-state index in [4.69, 9.17) is 0 Å². The third kappa shape index (κ3) is 3.67. The molecule has 0 aliphatic carbocycles. The molecule has 2 aliphatic heterocycles. The van der Waals surface area contributed by atoms with Crippen molar-refractivity contribution in [3.63, 3.8) is 0 Å². The Kier molecular flexibility index (Phi) is 4.83. The van der Waals surface area contributed by atoms with Gasteiger partial charge in [0.25, 0.3) is 0 Å². The molecule has 0 aromatic rings. The molecule has 2 rings (SSSR count). The van der Waals surface area contributed by atoms with Crippen molar-refractivity contribution in [1.29, 1.82) is 0 Å². The summed E-state index contributed by atoms with van der Waals surface area (Å²) in [5.41, 5.74) is 0. The smallest absolute Gasteiger partial charge is 0.0254 e. The Morgan fingerprint density at radius 3 is 2.71 bits per heavy atom. The number of rotatable bonds is 3. The highest BCUT2D eigenvalue weighted by Gasteiger charge is 2.31. The molecule has 0 aromatic carbocycles. The van der Waals surface area contributed by atoms with E-state index in [9.17, 15) is 0 Å². The molecule has 0 spiro atoms. The average Bonchev–Trinajstić information content (AvgIpc) is 2.50. The van der Waals surface area contributed by atoms with Crippen LogP contribution in [0.2, 0.25) is 0 Å². The number of hydrogen-bond donors (Lipinski definition) is 1. The van der Waals surface area contributed by atoms with Crippen LogP contribution in [-0.4, -0.2) is 62.2 Å². The lowest BCUT2D eigenvalue weighted by Crippen LogP contribution is -2.41. The van der Waals surface area contributed by atoms with E-state index in [0.29, 0.717) is 0 Å². The minimum atomic E-state index is 0.741. The molecule has 0 amide bonds. The first kappa shape index (κ1) is 13.3. The van der Waals surface area contributed by atoms with Gasteiger partial charge in [-0.1, -0.05) is 19.8 Å². The molecule has 2 fully saturated rings. The second-order valence-corrected chi connectivity index (χ2v) is 6.23. The fourth-order valence-electron chi connectivity index (χ4n) is 3.44. The van der Waals surface area contributed by atoms with Gasteiger partial charge >= 0.3 is 0 Å². The summed E-state index contributed by atoms with van der Waals surface area (Å²) in [6.45, 7) is 7.42. The number of nitrogens with one attached hydrogen (secondary N) is 1. The van der Waals surface area contributed by atoms with Gasteiger partial charge in [-0.2, -0.15) is 0 Å². The zero-order valence-corrected chi connectivity index (χ0v) is 11.8. The van der Waals surface area contributed by atoms with Crippen LogP contribution >= 0.6 is 0 Å². The molecule has 1 N–H and O–H groups in total. The van der Waals surface area contributed by atoms with Gasteiger partial charge in [0.2, 0.25) is 0 Å². The van der Waals surface area contributed by atoms with Crippen LogP contribution in [0.4, 0.5) is 0 Å². The highest BCUT2D eigenvalue weighted by Crippen LogP contribution is 2.21. The fourth-order valence-corrected chi connectivity index (χ4v) is 3.44. The van der Waals surface area contributed by atoms with E-state index in [-0.39, 0.29) is 0 Å². The highest BCUT2D eigenvalue weighted by atomic mass is 15.2. The van der Waals surface area contributed by atoms with Crippen molar-refractivity contribution in [1.82, 2.24) is 15.1 Å². The van der Waals surface area contributed by atoms with Crippen LogP contribution in [0.1, 0.15) is 32.6 Å². The zero-order chi connectivity index (χ0) is 12.3. The maximum atomic E-state index is 3.71. The van der Waals surface area contributed by atoms with E-state index in [2.05, 4.69) is 36.1 Å². The molecule has 0 radical (unpaired) electrons. The van der Waals surface area contributed by atoms with Crippen molar-refractivity contribution in [3.8, 4) is 0 Å². The molecule has 2 aliphatic rings. The van der Waals surface area contributed by atoms with Crippen LogP contribution in [0.3, 0.4) is 0 Å². The Bertz CT molecular complexity index is 222. The first-order valence-corrected chi connectivity index (χ1v) is 7.29. The van der Waals surface area contributed by atoms with Crippen molar-refractivity contribution in [2.75, 3.05) is 40.3 Å². The van der Waals surface area contributed by atoms with E-state index in [1.807, 2.05) is 0 Å². The number of likely N-dealkylation sites (tertiary alicyclic amines) is 1. The fraction of sp³-hybridized carbons (Fsp3) is 1.00. The molecule has 3 heteroatoms. The third-order valence-corrected chi connectivity index (χ3v) is 4.45. The molecule has 3 unspecified atom stereocenters. The van der Waals surface area contributed by atoms with Crippen LogP contribution in [0.15, 0.2) is 0 Å². The molecule has 2 saturated heterocycles. The minimum Gasteiger partial charge on any atom is -0.313 e. The van der Waals surface area contributed by atoms with Crippen LogP contribution in [-0.2, 0) is 0 Å². The Morgan fingerprint density at radius 2 is 2.00 bits per heavy atom. The lowest BCUT2D eigenvalue weighted by molar-refractivity contribution is 0.241. The quantitative estimate of drug-likeness (QED) is 0.803. The van der Waals surface area contributed by atoms with Gasteiger partial charge in [0, 0.05) is 31.7 Å². The van der Waals surface area contributed by atoms with Gasteiger partial charge in [0.15, 0.2) is 0 Å². The van der Waals surface area contributed by atoms with Gasteiger partial charge in [-0.25, -0.2) is 0 Å². The summed E-state index contributed by atoms with van der Waals surface area (Å²) in [5.74, 6) is 0.816. The van der Waals surface area contributed by atoms with E-state index in [0.717, 1.165) is 18.0 Å². The molecule has 0 saturated carbocycles. The van der Waals surface area contributed by atoms with Crippen molar-refractivity contribution in [3.05, 3.63) is 0 Å². The number of hydrogen-bond acceptors (Lipinski definition) is 3. The summed E-state index contributed by atoms with van der Waals surface area (Å²) in [4.78, 5) is 5.06. The largest absolute Gasteiger partial charge is 0.313 e. The minimum absolute atomic E-state index is 0.741. The zero-order valence-electron chi connectivity index (χ0n) is 11.8. The molecule has 3 nitrogen and oxygen atoms in total. The van der Waals surface area contributed by atoms with Crippen molar-refractivity contribution in [2.45, 2.75) is 44.7 Å². The van der Waals surface area contributed by atoms with Crippen LogP contribution in [0.5, 0.6) is 0 Å². The van der Waals surface area contributed by atoms with E-state index < -0.39 is 0 Å².